The van der Waals surface area contributed by atoms with Gasteiger partial charge in [0.05, 0.1) is 0 Å². The van der Waals surface area contributed by atoms with E-state index < -0.39 is 0 Å². The lowest BCUT2D eigenvalue weighted by atomic mass is 10.1. The first-order valence-electron chi connectivity index (χ1n) is 5.66. The number of aliphatic hydroxyl groups is 1. The Kier molecular flexibility index (Phi) is 5.74. The second-order valence-electron chi connectivity index (χ2n) is 3.89. The van der Waals surface area contributed by atoms with Gasteiger partial charge in [-0.15, -0.1) is 0 Å². The van der Waals surface area contributed by atoms with Gasteiger partial charge < -0.3 is 10.4 Å². The summed E-state index contributed by atoms with van der Waals surface area (Å²) >= 11 is 6.02. The number of hydrogen-bond donors (Lipinski definition) is 2. The quantitative estimate of drug-likeness (QED) is 0.754. The summed E-state index contributed by atoms with van der Waals surface area (Å²) < 4.78 is 0. The molecule has 0 saturated heterocycles. The van der Waals surface area contributed by atoms with Gasteiger partial charge in [0.25, 0.3) is 0 Å². The van der Waals surface area contributed by atoms with Gasteiger partial charge >= 0.3 is 0 Å². The Labute approximate surface area is 102 Å². The Hall–Kier alpha value is -0.640. The van der Waals surface area contributed by atoms with Crippen LogP contribution in [0.5, 0.6) is 0 Å². The van der Waals surface area contributed by atoms with Crippen LogP contribution in [0.25, 0.3) is 0 Å². The average molecular weight is 243 g/mol. The van der Waals surface area contributed by atoms with Crippen molar-refractivity contribution < 1.29 is 5.11 Å². The molecule has 0 aromatic carbocycles. The highest BCUT2D eigenvalue weighted by Crippen LogP contribution is 2.20. The summed E-state index contributed by atoms with van der Waals surface area (Å²) in [5.74, 6) is 0. The van der Waals surface area contributed by atoms with Crippen molar-refractivity contribution in [2.75, 3.05) is 6.61 Å². The highest BCUT2D eigenvalue weighted by Gasteiger charge is 2.13. The number of nitrogens with zero attached hydrogens (tertiary/aromatic N) is 1. The molecule has 0 amide bonds. The molecule has 1 rings (SSSR count). The summed E-state index contributed by atoms with van der Waals surface area (Å²) in [4.78, 5) is 4.06. The van der Waals surface area contributed by atoms with Gasteiger partial charge in [0, 0.05) is 30.5 Å². The summed E-state index contributed by atoms with van der Waals surface area (Å²) in [5.41, 5.74) is 1.00. The van der Waals surface area contributed by atoms with E-state index in [9.17, 15) is 0 Å². The number of halogens is 1. The van der Waals surface area contributed by atoms with Crippen molar-refractivity contribution in [2.45, 2.75) is 38.8 Å². The van der Waals surface area contributed by atoms with Crippen molar-refractivity contribution in [3.8, 4) is 0 Å². The van der Waals surface area contributed by atoms with Crippen LogP contribution in [0.1, 0.15) is 38.3 Å². The molecule has 2 unspecified atom stereocenters. The number of hydrogen-bond acceptors (Lipinski definition) is 3. The third-order valence-electron chi connectivity index (χ3n) is 2.71. The second-order valence-corrected chi connectivity index (χ2v) is 4.25. The van der Waals surface area contributed by atoms with E-state index in [0.717, 1.165) is 18.4 Å². The molecule has 0 aliphatic heterocycles. The summed E-state index contributed by atoms with van der Waals surface area (Å²) in [7, 11) is 0. The van der Waals surface area contributed by atoms with Crippen molar-refractivity contribution in [3.63, 3.8) is 0 Å². The van der Waals surface area contributed by atoms with Crippen LogP contribution < -0.4 is 5.32 Å². The highest BCUT2D eigenvalue weighted by molar-refractivity contribution is 6.30. The van der Waals surface area contributed by atoms with E-state index in [1.165, 1.54) is 0 Å². The van der Waals surface area contributed by atoms with Crippen molar-refractivity contribution >= 4 is 11.6 Å². The first kappa shape index (κ1) is 13.4. The maximum atomic E-state index is 8.93. The van der Waals surface area contributed by atoms with E-state index in [1.54, 1.807) is 6.20 Å². The normalized spacial score (nSPS) is 14.8. The van der Waals surface area contributed by atoms with E-state index in [1.807, 2.05) is 12.1 Å². The van der Waals surface area contributed by atoms with Crippen molar-refractivity contribution in [1.29, 1.82) is 0 Å². The molecular formula is C12H19ClN2O. The molecule has 0 spiro atoms. The van der Waals surface area contributed by atoms with Crippen LogP contribution >= 0.6 is 11.6 Å². The molecule has 0 aliphatic rings. The minimum absolute atomic E-state index is 0.151. The van der Waals surface area contributed by atoms with Gasteiger partial charge in [-0.1, -0.05) is 24.6 Å². The van der Waals surface area contributed by atoms with Crippen LogP contribution in [0.3, 0.4) is 0 Å². The van der Waals surface area contributed by atoms with Gasteiger partial charge in [-0.05, 0) is 25.8 Å². The molecule has 1 aromatic heterocycles. The molecule has 3 nitrogen and oxygen atoms in total. The zero-order chi connectivity index (χ0) is 12.0. The van der Waals surface area contributed by atoms with E-state index in [4.69, 9.17) is 16.7 Å². The summed E-state index contributed by atoms with van der Waals surface area (Å²) in [6.45, 7) is 4.37. The maximum Gasteiger partial charge on any atom is 0.133 e. The molecule has 0 aliphatic carbocycles. The largest absolute Gasteiger partial charge is 0.396 e. The minimum Gasteiger partial charge on any atom is -0.396 e. The molecule has 16 heavy (non-hydrogen) atoms. The average Bonchev–Trinajstić information content (AvgIpc) is 2.28. The number of nitrogens with one attached hydrogen (secondary N) is 1. The molecule has 0 fully saturated rings. The van der Waals surface area contributed by atoms with Gasteiger partial charge in [-0.3, -0.25) is 0 Å². The predicted molar refractivity (Wildman–Crippen MR) is 66.6 cm³/mol. The molecule has 90 valence electrons. The van der Waals surface area contributed by atoms with Crippen LogP contribution in [0.2, 0.25) is 5.15 Å². The molecule has 1 heterocycles. The fraction of sp³-hybridized carbons (Fsp3) is 0.583. The lowest BCUT2D eigenvalue weighted by Gasteiger charge is -2.22. The van der Waals surface area contributed by atoms with E-state index in [0.29, 0.717) is 11.2 Å². The first-order valence-corrected chi connectivity index (χ1v) is 6.04. The summed E-state index contributed by atoms with van der Waals surface area (Å²) in [6.07, 6.45) is 3.44. The fourth-order valence-electron chi connectivity index (χ4n) is 1.73. The van der Waals surface area contributed by atoms with Crippen LogP contribution in [0.4, 0.5) is 0 Å². The fourth-order valence-corrected chi connectivity index (χ4v) is 2.01. The van der Waals surface area contributed by atoms with Crippen molar-refractivity contribution in [3.05, 3.63) is 29.0 Å². The molecule has 2 N–H and O–H groups in total. The van der Waals surface area contributed by atoms with Crippen LogP contribution in [-0.2, 0) is 0 Å². The molecular weight excluding hydrogens is 224 g/mol. The summed E-state index contributed by atoms with van der Waals surface area (Å²) in [6, 6.07) is 4.32. The predicted octanol–water partition coefficient (Wildman–Crippen LogP) is 2.55. The lowest BCUT2D eigenvalue weighted by Crippen LogP contribution is -2.32. The van der Waals surface area contributed by atoms with E-state index in [-0.39, 0.29) is 12.6 Å². The van der Waals surface area contributed by atoms with Gasteiger partial charge in [0.1, 0.15) is 5.15 Å². The Morgan fingerprint density at radius 1 is 1.56 bits per heavy atom. The van der Waals surface area contributed by atoms with E-state index >= 15 is 0 Å². The SMILES string of the molecule is CCC(CCO)NC(C)c1cccnc1Cl. The number of rotatable bonds is 6. The van der Waals surface area contributed by atoms with Crippen molar-refractivity contribution in [1.82, 2.24) is 10.3 Å². The molecule has 2 atom stereocenters. The van der Waals surface area contributed by atoms with Crippen molar-refractivity contribution in [2.24, 2.45) is 0 Å². The number of aliphatic hydroxyl groups excluding tert-OH is 1. The minimum atomic E-state index is 0.151. The highest BCUT2D eigenvalue weighted by atomic mass is 35.5. The van der Waals surface area contributed by atoms with Crippen LogP contribution in [0.15, 0.2) is 18.3 Å². The number of pyridine rings is 1. The number of aromatic nitrogens is 1. The Morgan fingerprint density at radius 2 is 2.31 bits per heavy atom. The van der Waals surface area contributed by atoms with E-state index in [2.05, 4.69) is 24.1 Å². The van der Waals surface area contributed by atoms with Gasteiger partial charge in [-0.25, -0.2) is 4.98 Å². The first-order chi connectivity index (χ1) is 7.69. The van der Waals surface area contributed by atoms with Crippen LogP contribution in [-0.4, -0.2) is 22.7 Å². The lowest BCUT2D eigenvalue weighted by molar-refractivity contribution is 0.257. The van der Waals surface area contributed by atoms with Gasteiger partial charge in [-0.2, -0.15) is 0 Å². The zero-order valence-corrected chi connectivity index (χ0v) is 10.5. The maximum absolute atomic E-state index is 8.93. The molecule has 1 aromatic rings. The topological polar surface area (TPSA) is 45.1 Å². The molecule has 0 saturated carbocycles. The standard InChI is InChI=1S/C12H19ClN2O/c1-3-10(6-8-16)15-9(2)11-5-4-7-14-12(11)13/h4-5,7,9-10,15-16H,3,6,8H2,1-2H3. The van der Waals surface area contributed by atoms with Gasteiger partial charge in [0.15, 0.2) is 0 Å². The van der Waals surface area contributed by atoms with Gasteiger partial charge in [0.2, 0.25) is 0 Å². The summed E-state index contributed by atoms with van der Waals surface area (Å²) in [5, 5.41) is 12.9. The zero-order valence-electron chi connectivity index (χ0n) is 9.78. The second kappa shape index (κ2) is 6.84. The Morgan fingerprint density at radius 3 is 2.88 bits per heavy atom. The third-order valence-corrected chi connectivity index (χ3v) is 3.03. The molecule has 0 bridgehead atoms. The third kappa shape index (κ3) is 3.74. The molecule has 0 radical (unpaired) electrons. The Balaban J connectivity index is 2.64. The van der Waals surface area contributed by atoms with Crippen LogP contribution in [0, 0.1) is 0 Å². The Bertz CT molecular complexity index is 320. The monoisotopic (exact) mass is 242 g/mol. The molecule has 4 heteroatoms. The smallest absolute Gasteiger partial charge is 0.133 e.